The van der Waals surface area contributed by atoms with E-state index in [1.165, 1.54) is 12.1 Å². The highest BCUT2D eigenvalue weighted by Crippen LogP contribution is 2.22. The molecule has 2 N–H and O–H groups in total. The first kappa shape index (κ1) is 22.4. The Morgan fingerprint density at radius 1 is 0.933 bits per heavy atom. The zero-order valence-electron chi connectivity index (χ0n) is 16.2. The second-order valence-electron chi connectivity index (χ2n) is 6.56. The third kappa shape index (κ3) is 6.35. The Kier molecular flexibility index (Phi) is 7.58. The van der Waals surface area contributed by atoms with Crippen molar-refractivity contribution in [2.75, 3.05) is 10.0 Å². The molecule has 0 radical (unpaired) electrons. The van der Waals surface area contributed by atoms with Crippen molar-refractivity contribution in [1.29, 1.82) is 0 Å². The molecule has 0 saturated heterocycles. The Balaban J connectivity index is 1.57. The molecule has 1 atom stereocenters. The molecule has 30 heavy (non-hydrogen) atoms. The summed E-state index contributed by atoms with van der Waals surface area (Å²) in [6.45, 7) is 1.85. The minimum atomic E-state index is -3.71. The van der Waals surface area contributed by atoms with Crippen LogP contribution in [0.5, 0.6) is 0 Å². The Bertz CT molecular complexity index is 1090. The molecule has 0 aliphatic heterocycles. The van der Waals surface area contributed by atoms with Gasteiger partial charge in [0.25, 0.3) is 10.0 Å². The molecule has 0 aliphatic carbocycles. The van der Waals surface area contributed by atoms with Crippen LogP contribution in [0.15, 0.2) is 88.2 Å². The maximum atomic E-state index is 12.5. The Morgan fingerprint density at radius 2 is 1.53 bits per heavy atom. The molecule has 0 spiro atoms. The van der Waals surface area contributed by atoms with Crippen molar-refractivity contribution in [3.8, 4) is 0 Å². The summed E-state index contributed by atoms with van der Waals surface area (Å²) in [4.78, 5) is 12.5. The summed E-state index contributed by atoms with van der Waals surface area (Å²) in [6.07, 6.45) is 0. The van der Waals surface area contributed by atoms with Crippen LogP contribution in [0, 0.1) is 0 Å². The second-order valence-corrected chi connectivity index (χ2v) is 10.5. The number of carbonyl (C=O) groups excluding carboxylic acids is 1. The van der Waals surface area contributed by atoms with Crippen molar-refractivity contribution in [3.05, 3.63) is 88.9 Å². The van der Waals surface area contributed by atoms with Gasteiger partial charge in [-0.1, -0.05) is 46.3 Å². The summed E-state index contributed by atoms with van der Waals surface area (Å²) < 4.78 is 28.5. The van der Waals surface area contributed by atoms with Gasteiger partial charge in [0.05, 0.1) is 10.1 Å². The van der Waals surface area contributed by atoms with Gasteiger partial charge in [0.15, 0.2) is 0 Å². The highest BCUT2D eigenvalue weighted by molar-refractivity contribution is 9.10. The molecule has 0 heterocycles. The Labute approximate surface area is 189 Å². The molecule has 0 unspecified atom stereocenters. The van der Waals surface area contributed by atoms with Crippen molar-refractivity contribution in [3.63, 3.8) is 0 Å². The minimum absolute atomic E-state index is 0.120. The molecule has 3 aromatic rings. The van der Waals surface area contributed by atoms with Crippen molar-refractivity contribution >= 4 is 55.0 Å². The quantitative estimate of drug-likeness (QED) is 0.424. The fourth-order valence-corrected chi connectivity index (χ4v) is 4.73. The van der Waals surface area contributed by atoms with Crippen molar-refractivity contribution in [1.82, 2.24) is 0 Å². The normalized spacial score (nSPS) is 12.2. The van der Waals surface area contributed by atoms with Crippen molar-refractivity contribution in [2.24, 2.45) is 0 Å². The average molecular weight is 505 g/mol. The SMILES string of the molecule is C[C@@H](SCc1ccccc1)C(=O)Nc1ccc(S(=O)(=O)Nc2ccc(Br)cc2)cc1. The van der Waals surface area contributed by atoms with Crippen LogP contribution in [0.4, 0.5) is 11.4 Å². The van der Waals surface area contributed by atoms with E-state index in [0.717, 1.165) is 15.8 Å². The smallest absolute Gasteiger partial charge is 0.261 e. The van der Waals surface area contributed by atoms with E-state index in [-0.39, 0.29) is 16.1 Å². The van der Waals surface area contributed by atoms with Crippen LogP contribution in [-0.2, 0) is 20.6 Å². The van der Waals surface area contributed by atoms with Crippen molar-refractivity contribution < 1.29 is 13.2 Å². The average Bonchev–Trinajstić information content (AvgIpc) is 2.74. The molecule has 0 saturated carbocycles. The number of amides is 1. The number of sulfonamides is 1. The maximum Gasteiger partial charge on any atom is 0.261 e. The van der Waals surface area contributed by atoms with Gasteiger partial charge in [-0.15, -0.1) is 11.8 Å². The van der Waals surface area contributed by atoms with Crippen LogP contribution in [0.25, 0.3) is 0 Å². The third-order valence-electron chi connectivity index (χ3n) is 4.24. The number of rotatable bonds is 8. The van der Waals surface area contributed by atoms with Gasteiger partial charge in [0, 0.05) is 21.6 Å². The largest absolute Gasteiger partial charge is 0.325 e. The summed E-state index contributed by atoms with van der Waals surface area (Å²) >= 11 is 4.86. The molecule has 1 amide bonds. The van der Waals surface area contributed by atoms with E-state index in [2.05, 4.69) is 26.0 Å². The molecule has 156 valence electrons. The molecule has 0 aromatic heterocycles. The van der Waals surface area contributed by atoms with E-state index >= 15 is 0 Å². The van der Waals surface area contributed by atoms with E-state index in [1.807, 2.05) is 37.3 Å². The van der Waals surface area contributed by atoms with Crippen LogP contribution in [0.2, 0.25) is 0 Å². The fraction of sp³-hybridized carbons (Fsp3) is 0.136. The van der Waals surface area contributed by atoms with E-state index in [0.29, 0.717) is 11.4 Å². The van der Waals surface area contributed by atoms with Crippen LogP contribution >= 0.6 is 27.7 Å². The third-order valence-corrected chi connectivity index (χ3v) is 7.38. The molecule has 8 heteroatoms. The number of nitrogens with one attached hydrogen (secondary N) is 2. The zero-order valence-corrected chi connectivity index (χ0v) is 19.4. The lowest BCUT2D eigenvalue weighted by molar-refractivity contribution is -0.115. The van der Waals surface area contributed by atoms with E-state index in [1.54, 1.807) is 48.2 Å². The lowest BCUT2D eigenvalue weighted by atomic mass is 10.2. The summed E-state index contributed by atoms with van der Waals surface area (Å²) in [5.41, 5.74) is 2.18. The van der Waals surface area contributed by atoms with Gasteiger partial charge >= 0.3 is 0 Å². The zero-order chi connectivity index (χ0) is 21.6. The van der Waals surface area contributed by atoms with Gasteiger partial charge in [0.1, 0.15) is 0 Å². The molecule has 5 nitrogen and oxygen atoms in total. The number of halogens is 1. The summed E-state index contributed by atoms with van der Waals surface area (Å²) in [7, 11) is -3.71. The van der Waals surface area contributed by atoms with Crippen LogP contribution in [-0.4, -0.2) is 19.6 Å². The molecular weight excluding hydrogens is 484 g/mol. The highest BCUT2D eigenvalue weighted by Gasteiger charge is 2.16. The van der Waals surface area contributed by atoms with Gasteiger partial charge in [-0.2, -0.15) is 0 Å². The topological polar surface area (TPSA) is 75.3 Å². The first-order chi connectivity index (χ1) is 14.3. The van der Waals surface area contributed by atoms with Gasteiger partial charge in [-0.05, 0) is 61.0 Å². The fourth-order valence-electron chi connectivity index (χ4n) is 2.56. The van der Waals surface area contributed by atoms with Gasteiger partial charge in [0.2, 0.25) is 5.91 Å². The number of anilines is 2. The lowest BCUT2D eigenvalue weighted by Crippen LogP contribution is -2.22. The molecule has 3 aromatic carbocycles. The molecule has 3 rings (SSSR count). The molecular formula is C22H21BrN2O3S2. The number of hydrogen-bond donors (Lipinski definition) is 2. The van der Waals surface area contributed by atoms with Gasteiger partial charge in [-0.3, -0.25) is 9.52 Å². The van der Waals surface area contributed by atoms with Crippen LogP contribution in [0.1, 0.15) is 12.5 Å². The monoisotopic (exact) mass is 504 g/mol. The number of hydrogen-bond acceptors (Lipinski definition) is 4. The van der Waals surface area contributed by atoms with Crippen LogP contribution < -0.4 is 10.0 Å². The number of thioether (sulfide) groups is 1. The van der Waals surface area contributed by atoms with Crippen molar-refractivity contribution in [2.45, 2.75) is 22.8 Å². The molecule has 0 bridgehead atoms. The summed E-state index contributed by atoms with van der Waals surface area (Å²) in [5, 5.41) is 2.59. The Morgan fingerprint density at radius 3 is 2.17 bits per heavy atom. The molecule has 0 fully saturated rings. The van der Waals surface area contributed by atoms with Gasteiger partial charge in [-0.25, -0.2) is 8.42 Å². The summed E-state index contributed by atoms with van der Waals surface area (Å²) in [6, 6.07) is 22.9. The predicted molar refractivity (Wildman–Crippen MR) is 127 cm³/mol. The first-order valence-corrected chi connectivity index (χ1v) is 12.5. The van der Waals surface area contributed by atoms with E-state index in [9.17, 15) is 13.2 Å². The van der Waals surface area contributed by atoms with Crippen LogP contribution in [0.3, 0.4) is 0 Å². The maximum absolute atomic E-state index is 12.5. The second kappa shape index (κ2) is 10.1. The summed E-state index contributed by atoms with van der Waals surface area (Å²) in [5.74, 6) is 0.619. The minimum Gasteiger partial charge on any atom is -0.325 e. The standard InChI is InChI=1S/C22H21BrN2O3S2/c1-16(29-15-17-5-3-2-4-6-17)22(26)24-19-11-13-21(14-12-19)30(27,28)25-20-9-7-18(23)8-10-20/h2-14,16,25H,15H2,1H3,(H,24,26)/t16-/m1/s1. The predicted octanol–water partition coefficient (Wildman–Crippen LogP) is 5.51. The van der Waals surface area contributed by atoms with E-state index in [4.69, 9.17) is 0 Å². The Hall–Kier alpha value is -2.29. The number of carbonyl (C=O) groups is 1. The number of benzene rings is 3. The first-order valence-electron chi connectivity index (χ1n) is 9.18. The highest BCUT2D eigenvalue weighted by atomic mass is 79.9. The lowest BCUT2D eigenvalue weighted by Gasteiger charge is -2.13. The molecule has 0 aliphatic rings. The van der Waals surface area contributed by atoms with Gasteiger partial charge < -0.3 is 5.32 Å². The van der Waals surface area contributed by atoms with E-state index < -0.39 is 10.0 Å².